The van der Waals surface area contributed by atoms with Crippen molar-refractivity contribution in [1.29, 1.82) is 0 Å². The standard InChI is InChI=1S/C26H26FN9O2/c1-4-36-25(37)38-24(35-36)26(23(28-2)29-3)21-16(15-7-5-6-8-17(15)32-21)11-19(34-26)22-31-13-20(33-22)18-10-9-14(27)12-30-18/h5-10,12-13,19,32,34H,4,11H2,1-3H3,(H,28,29)(H,31,33)/t19-,26?/m1/s1. The van der Waals surface area contributed by atoms with Crippen molar-refractivity contribution in [2.24, 2.45) is 4.99 Å². The third-order valence-corrected chi connectivity index (χ3v) is 6.96. The highest BCUT2D eigenvalue weighted by atomic mass is 19.1. The molecule has 0 fully saturated rings. The van der Waals surface area contributed by atoms with E-state index >= 15 is 0 Å². The van der Waals surface area contributed by atoms with E-state index in [1.165, 1.54) is 16.9 Å². The minimum atomic E-state index is -1.25. The maximum Gasteiger partial charge on any atom is 0.437 e. The molecule has 4 N–H and O–H groups in total. The first-order valence-electron chi connectivity index (χ1n) is 12.3. The molecule has 0 radical (unpaired) electrons. The van der Waals surface area contributed by atoms with Gasteiger partial charge in [0.2, 0.25) is 0 Å². The van der Waals surface area contributed by atoms with Gasteiger partial charge in [-0.15, -0.1) is 5.10 Å². The summed E-state index contributed by atoms with van der Waals surface area (Å²) in [7, 11) is 3.43. The fourth-order valence-electron chi connectivity index (χ4n) is 5.25. The summed E-state index contributed by atoms with van der Waals surface area (Å²) in [5.41, 5.74) is 2.70. The van der Waals surface area contributed by atoms with Gasteiger partial charge in [-0.25, -0.2) is 14.2 Å². The van der Waals surface area contributed by atoms with Crippen molar-refractivity contribution >= 4 is 16.7 Å². The molecule has 11 nitrogen and oxygen atoms in total. The summed E-state index contributed by atoms with van der Waals surface area (Å²) < 4.78 is 20.5. The number of rotatable bonds is 5. The van der Waals surface area contributed by atoms with Gasteiger partial charge < -0.3 is 19.7 Å². The quantitative estimate of drug-likeness (QED) is 0.208. The monoisotopic (exact) mass is 515 g/mol. The van der Waals surface area contributed by atoms with Crippen LogP contribution in [-0.2, 0) is 18.5 Å². The first kappa shape index (κ1) is 23.8. The van der Waals surface area contributed by atoms with E-state index in [1.807, 2.05) is 25.1 Å². The highest BCUT2D eigenvalue weighted by molar-refractivity contribution is 5.98. The summed E-state index contributed by atoms with van der Waals surface area (Å²) in [6.07, 6.45) is 3.41. The Hall–Kier alpha value is -4.58. The van der Waals surface area contributed by atoms with Crippen molar-refractivity contribution in [1.82, 2.24) is 40.3 Å². The number of hydrogen-bond acceptors (Lipinski definition) is 7. The average Bonchev–Trinajstić information content (AvgIpc) is 3.67. The number of halogens is 1. The summed E-state index contributed by atoms with van der Waals surface area (Å²) in [5.74, 6) is 0.328. The van der Waals surface area contributed by atoms with Gasteiger partial charge in [0.05, 0.1) is 35.5 Å². The number of pyridine rings is 1. The van der Waals surface area contributed by atoms with Crippen LogP contribution in [-0.4, -0.2) is 49.6 Å². The molecule has 38 heavy (non-hydrogen) atoms. The molecule has 5 heterocycles. The maximum absolute atomic E-state index is 13.4. The van der Waals surface area contributed by atoms with Crippen LogP contribution in [0, 0.1) is 5.82 Å². The largest absolute Gasteiger partial charge is 0.437 e. The Bertz CT molecular complexity index is 1710. The Labute approximate surface area is 216 Å². The third kappa shape index (κ3) is 3.56. The summed E-state index contributed by atoms with van der Waals surface area (Å²) in [6.45, 7) is 2.18. The van der Waals surface area contributed by atoms with E-state index < -0.39 is 17.1 Å². The molecule has 12 heteroatoms. The Kier molecular flexibility index (Phi) is 5.68. The van der Waals surface area contributed by atoms with Crippen LogP contribution in [0.25, 0.3) is 22.3 Å². The van der Waals surface area contributed by atoms with Crippen LogP contribution < -0.4 is 16.4 Å². The van der Waals surface area contributed by atoms with Gasteiger partial charge >= 0.3 is 5.76 Å². The van der Waals surface area contributed by atoms with Crippen molar-refractivity contribution in [2.45, 2.75) is 31.5 Å². The Balaban J connectivity index is 1.57. The van der Waals surface area contributed by atoms with E-state index in [0.29, 0.717) is 36.0 Å². The molecule has 0 saturated heterocycles. The third-order valence-electron chi connectivity index (χ3n) is 6.96. The lowest BCUT2D eigenvalue weighted by atomic mass is 9.82. The zero-order valence-electron chi connectivity index (χ0n) is 21.0. The van der Waals surface area contributed by atoms with E-state index in [4.69, 9.17) is 4.42 Å². The molecule has 4 aromatic heterocycles. The number of benzene rings is 1. The van der Waals surface area contributed by atoms with Gasteiger partial charge in [-0.1, -0.05) is 18.2 Å². The molecule has 1 aliphatic rings. The number of hydrogen-bond donors (Lipinski definition) is 4. The highest BCUT2D eigenvalue weighted by Gasteiger charge is 2.52. The fourth-order valence-corrected chi connectivity index (χ4v) is 5.25. The van der Waals surface area contributed by atoms with E-state index in [-0.39, 0.29) is 11.9 Å². The molecule has 1 unspecified atom stereocenters. The second-order valence-corrected chi connectivity index (χ2v) is 9.03. The number of fused-ring (bicyclic) bond motifs is 3. The fraction of sp³-hybridized carbons (Fsp3) is 0.269. The van der Waals surface area contributed by atoms with Crippen LogP contribution >= 0.6 is 0 Å². The zero-order valence-corrected chi connectivity index (χ0v) is 21.0. The molecule has 0 amide bonds. The predicted molar refractivity (Wildman–Crippen MR) is 139 cm³/mol. The molecule has 0 aliphatic carbocycles. The summed E-state index contributed by atoms with van der Waals surface area (Å²) in [5, 5.41) is 12.4. The number of H-pyrrole nitrogens is 2. The predicted octanol–water partition coefficient (Wildman–Crippen LogP) is 2.64. The normalized spacial score (nSPS) is 19.6. The van der Waals surface area contributed by atoms with Gasteiger partial charge in [0.15, 0.2) is 5.54 Å². The average molecular weight is 516 g/mol. The number of nitrogens with zero attached hydrogens (tertiary/aromatic N) is 5. The molecule has 6 rings (SSSR count). The smallest absolute Gasteiger partial charge is 0.389 e. The number of amidine groups is 1. The van der Waals surface area contributed by atoms with Crippen LogP contribution in [0.4, 0.5) is 4.39 Å². The van der Waals surface area contributed by atoms with Crippen LogP contribution in [0.5, 0.6) is 0 Å². The summed E-state index contributed by atoms with van der Waals surface area (Å²) in [4.78, 5) is 32.9. The van der Waals surface area contributed by atoms with Gasteiger partial charge in [0, 0.05) is 31.5 Å². The topological polar surface area (TPSA) is 142 Å². The molecule has 0 spiro atoms. The Morgan fingerprint density at radius 1 is 1.24 bits per heavy atom. The zero-order chi connectivity index (χ0) is 26.4. The van der Waals surface area contributed by atoms with Gasteiger partial charge in [0.1, 0.15) is 17.5 Å². The molecule has 2 atom stereocenters. The first-order valence-corrected chi connectivity index (χ1v) is 12.3. The van der Waals surface area contributed by atoms with E-state index in [2.05, 4.69) is 46.7 Å². The SMILES string of the molecule is CCn1nc(C2(C(=NC)NC)N[C@@H](c3ncc(-c4ccc(F)cn4)[nH]3)Cc3c2[nH]c2ccccc32)oc1=O. The lowest BCUT2D eigenvalue weighted by Crippen LogP contribution is -2.59. The number of aliphatic imine (C=N–C) groups is 1. The number of imidazole rings is 1. The molecule has 5 aromatic rings. The second kappa shape index (κ2) is 9.06. The lowest BCUT2D eigenvalue weighted by Gasteiger charge is -2.39. The van der Waals surface area contributed by atoms with Crippen LogP contribution in [0.2, 0.25) is 0 Å². The van der Waals surface area contributed by atoms with Crippen LogP contribution in [0.3, 0.4) is 0 Å². The molecule has 0 saturated carbocycles. The van der Waals surface area contributed by atoms with Crippen LogP contribution in [0.15, 0.2) is 63.0 Å². The second-order valence-electron chi connectivity index (χ2n) is 9.03. The molecular formula is C26H26FN9O2. The lowest BCUT2D eigenvalue weighted by molar-refractivity contribution is 0.306. The minimum Gasteiger partial charge on any atom is -0.389 e. The van der Waals surface area contributed by atoms with Gasteiger partial charge in [0.25, 0.3) is 5.89 Å². The molecule has 0 bridgehead atoms. The number of aryl methyl sites for hydroxylation is 1. The van der Waals surface area contributed by atoms with Gasteiger partial charge in [-0.05, 0) is 37.1 Å². The first-order chi connectivity index (χ1) is 18.5. The summed E-state index contributed by atoms with van der Waals surface area (Å²) >= 11 is 0. The molecular weight excluding hydrogens is 489 g/mol. The van der Waals surface area contributed by atoms with Crippen molar-refractivity contribution in [3.63, 3.8) is 0 Å². The minimum absolute atomic E-state index is 0.156. The number of likely N-dealkylation sites (N-methyl/N-ethyl adjacent to an activating group) is 1. The van der Waals surface area contributed by atoms with Crippen molar-refractivity contribution < 1.29 is 8.81 Å². The van der Waals surface area contributed by atoms with Crippen molar-refractivity contribution in [2.75, 3.05) is 14.1 Å². The maximum atomic E-state index is 13.4. The van der Waals surface area contributed by atoms with Gasteiger partial charge in [-0.3, -0.25) is 15.3 Å². The van der Waals surface area contributed by atoms with E-state index in [1.54, 1.807) is 26.4 Å². The Morgan fingerprint density at radius 3 is 2.79 bits per heavy atom. The number of aromatic amines is 2. The Morgan fingerprint density at radius 2 is 2.08 bits per heavy atom. The number of aromatic nitrogens is 6. The van der Waals surface area contributed by atoms with E-state index in [9.17, 15) is 9.18 Å². The highest BCUT2D eigenvalue weighted by Crippen LogP contribution is 2.42. The number of nitrogens with one attached hydrogen (secondary N) is 4. The van der Waals surface area contributed by atoms with Crippen LogP contribution in [0.1, 0.15) is 35.9 Å². The van der Waals surface area contributed by atoms with Crippen molar-refractivity contribution in [3.05, 3.63) is 88.1 Å². The van der Waals surface area contributed by atoms with Crippen molar-refractivity contribution in [3.8, 4) is 11.4 Å². The summed E-state index contributed by atoms with van der Waals surface area (Å²) in [6, 6.07) is 10.6. The number of para-hydroxylation sites is 1. The molecule has 194 valence electrons. The van der Waals surface area contributed by atoms with E-state index in [0.717, 1.165) is 22.2 Å². The molecule has 1 aromatic carbocycles. The molecule has 1 aliphatic heterocycles. The van der Waals surface area contributed by atoms with Gasteiger partial charge in [-0.2, -0.15) is 4.68 Å².